The molecule has 0 aliphatic carbocycles. The van der Waals surface area contributed by atoms with Gasteiger partial charge in [-0.05, 0) is 29.8 Å². The number of fused-ring (bicyclic) bond motifs is 1. The number of carbonyl (C=O) groups excluding carboxylic acids is 2. The van der Waals surface area contributed by atoms with Crippen molar-refractivity contribution in [1.29, 1.82) is 0 Å². The molecular weight excluding hydrogens is 430 g/mol. The van der Waals surface area contributed by atoms with Crippen LogP contribution in [0.1, 0.15) is 17.2 Å². The zero-order valence-electron chi connectivity index (χ0n) is 14.6. The molecule has 0 bridgehead atoms. The Morgan fingerprint density at radius 3 is 2.54 bits per heavy atom. The summed E-state index contributed by atoms with van der Waals surface area (Å²) in [6, 6.07) is 11.0. The number of ketones is 1. The number of amides is 1. The largest absolute Gasteiger partial charge is 0.507 e. The Bertz CT molecular complexity index is 985. The molecule has 1 amide bonds. The third-order valence-corrected chi connectivity index (χ3v) is 5.24. The van der Waals surface area contributed by atoms with Gasteiger partial charge in [-0.3, -0.25) is 9.59 Å². The highest BCUT2D eigenvalue weighted by Crippen LogP contribution is 2.42. The Hall–Kier alpha value is -2.84. The number of nitrogens with zero attached hydrogens (tertiary/aromatic N) is 1. The minimum atomic E-state index is -0.842. The first-order valence-electron chi connectivity index (χ1n) is 8.56. The lowest BCUT2D eigenvalue weighted by molar-refractivity contribution is -0.140. The number of ether oxygens (including phenoxy) is 2. The molecule has 2 heterocycles. The van der Waals surface area contributed by atoms with Gasteiger partial charge < -0.3 is 24.6 Å². The zero-order chi connectivity index (χ0) is 19.8. The lowest BCUT2D eigenvalue weighted by Crippen LogP contribution is -2.32. The van der Waals surface area contributed by atoms with Crippen molar-refractivity contribution in [2.75, 3.05) is 19.9 Å². The topological polar surface area (TPSA) is 96.3 Å². The summed E-state index contributed by atoms with van der Waals surface area (Å²) in [5.41, 5.74) is 0.964. The predicted octanol–water partition coefficient (Wildman–Crippen LogP) is 2.59. The highest BCUT2D eigenvalue weighted by Gasteiger charge is 2.46. The molecule has 1 unspecified atom stereocenters. The molecule has 2 aromatic carbocycles. The van der Waals surface area contributed by atoms with Gasteiger partial charge in [0.15, 0.2) is 11.5 Å². The summed E-state index contributed by atoms with van der Waals surface area (Å²) in [4.78, 5) is 26.6. The number of likely N-dealkylation sites (tertiary alicyclic amines) is 1. The number of aliphatic hydroxyl groups is 2. The number of halogens is 1. The summed E-state index contributed by atoms with van der Waals surface area (Å²) in [6.45, 7) is -0.262. The van der Waals surface area contributed by atoms with Crippen LogP contribution in [-0.2, 0) is 9.59 Å². The molecule has 144 valence electrons. The Balaban J connectivity index is 1.87. The van der Waals surface area contributed by atoms with E-state index in [0.717, 1.165) is 4.47 Å². The molecule has 2 aliphatic heterocycles. The molecule has 28 heavy (non-hydrogen) atoms. The minimum Gasteiger partial charge on any atom is -0.507 e. The van der Waals surface area contributed by atoms with Crippen molar-refractivity contribution in [2.45, 2.75) is 6.04 Å². The van der Waals surface area contributed by atoms with Gasteiger partial charge >= 0.3 is 0 Å². The van der Waals surface area contributed by atoms with Gasteiger partial charge in [-0.2, -0.15) is 0 Å². The Labute approximate surface area is 168 Å². The van der Waals surface area contributed by atoms with Crippen molar-refractivity contribution >= 4 is 33.4 Å². The summed E-state index contributed by atoms with van der Waals surface area (Å²) in [7, 11) is 0. The van der Waals surface area contributed by atoms with E-state index < -0.39 is 17.7 Å². The number of carbonyl (C=O) groups is 2. The second-order valence-corrected chi connectivity index (χ2v) is 7.25. The molecule has 2 N–H and O–H groups in total. The second kappa shape index (κ2) is 7.29. The third-order valence-electron chi connectivity index (χ3n) is 4.71. The van der Waals surface area contributed by atoms with Crippen molar-refractivity contribution in [1.82, 2.24) is 4.90 Å². The highest BCUT2D eigenvalue weighted by molar-refractivity contribution is 9.10. The van der Waals surface area contributed by atoms with Gasteiger partial charge in [0, 0.05) is 16.6 Å². The van der Waals surface area contributed by atoms with E-state index in [-0.39, 0.29) is 31.3 Å². The first-order valence-corrected chi connectivity index (χ1v) is 9.35. The van der Waals surface area contributed by atoms with Crippen LogP contribution in [0.5, 0.6) is 11.5 Å². The van der Waals surface area contributed by atoms with Crippen LogP contribution in [0.25, 0.3) is 5.76 Å². The fraction of sp³-hybridized carbons (Fsp3) is 0.200. The van der Waals surface area contributed by atoms with Gasteiger partial charge in [-0.25, -0.2) is 0 Å². The summed E-state index contributed by atoms with van der Waals surface area (Å²) >= 11 is 3.33. The number of hydrogen-bond donors (Lipinski definition) is 2. The van der Waals surface area contributed by atoms with Crippen molar-refractivity contribution in [3.05, 3.63) is 63.6 Å². The molecule has 4 rings (SSSR count). The van der Waals surface area contributed by atoms with Crippen LogP contribution in [0.4, 0.5) is 0 Å². The Morgan fingerprint density at radius 1 is 1.11 bits per heavy atom. The standard InChI is InChI=1S/C20H16BrNO6/c21-13-4-1-11(2-5-13)18(24)16-17(22(7-8-23)20(26)19(16)25)12-3-6-14-15(9-12)28-10-27-14/h1-6,9,17,23-24H,7-8,10H2/b18-16+. The summed E-state index contributed by atoms with van der Waals surface area (Å²) < 4.78 is 11.5. The SMILES string of the molecule is O=C1C(=O)N(CCO)C(c2ccc3c(c2)OCO3)/C1=C(\O)c1ccc(Br)cc1. The lowest BCUT2D eigenvalue weighted by Gasteiger charge is -2.24. The monoisotopic (exact) mass is 445 g/mol. The van der Waals surface area contributed by atoms with Gasteiger partial charge in [-0.15, -0.1) is 0 Å². The first-order chi connectivity index (χ1) is 13.5. The van der Waals surface area contributed by atoms with Gasteiger partial charge in [0.25, 0.3) is 11.7 Å². The van der Waals surface area contributed by atoms with E-state index in [4.69, 9.17) is 9.47 Å². The van der Waals surface area contributed by atoms with Crippen molar-refractivity contribution < 1.29 is 29.3 Å². The van der Waals surface area contributed by atoms with Crippen LogP contribution in [0.2, 0.25) is 0 Å². The number of hydrogen-bond acceptors (Lipinski definition) is 6. The molecule has 1 fully saturated rings. The van der Waals surface area contributed by atoms with Gasteiger partial charge in [0.05, 0.1) is 18.2 Å². The lowest BCUT2D eigenvalue weighted by atomic mass is 9.95. The summed E-state index contributed by atoms with van der Waals surface area (Å²) in [6.07, 6.45) is 0. The maximum Gasteiger partial charge on any atom is 0.295 e. The number of aliphatic hydroxyl groups excluding tert-OH is 2. The van der Waals surface area contributed by atoms with Crippen molar-refractivity contribution in [3.8, 4) is 11.5 Å². The molecule has 2 aromatic rings. The van der Waals surface area contributed by atoms with E-state index in [9.17, 15) is 19.8 Å². The quantitative estimate of drug-likeness (QED) is 0.426. The third kappa shape index (κ3) is 3.04. The van der Waals surface area contributed by atoms with Crippen LogP contribution in [0.3, 0.4) is 0 Å². The number of rotatable bonds is 4. The number of β-amino-alcohol motifs (C(OH)–C–C–N with tert-alkyl or cyclic N) is 1. The smallest absolute Gasteiger partial charge is 0.295 e. The van der Waals surface area contributed by atoms with Crippen LogP contribution in [-0.4, -0.2) is 46.7 Å². The highest BCUT2D eigenvalue weighted by atomic mass is 79.9. The van der Waals surface area contributed by atoms with Crippen LogP contribution in [0.15, 0.2) is 52.5 Å². The van der Waals surface area contributed by atoms with Crippen LogP contribution in [0, 0.1) is 0 Å². The molecule has 0 aromatic heterocycles. The number of benzene rings is 2. The van der Waals surface area contributed by atoms with E-state index in [1.807, 2.05) is 0 Å². The molecular formula is C20H16BrNO6. The van der Waals surface area contributed by atoms with Gasteiger partial charge in [-0.1, -0.05) is 34.1 Å². The summed E-state index contributed by atoms with van der Waals surface area (Å²) in [5.74, 6) is -0.771. The number of Topliss-reactive ketones (excluding diaryl/α,β-unsaturated/α-hetero) is 1. The van der Waals surface area contributed by atoms with Gasteiger partial charge in [0.1, 0.15) is 5.76 Å². The molecule has 7 nitrogen and oxygen atoms in total. The maximum atomic E-state index is 12.7. The van der Waals surface area contributed by atoms with Crippen LogP contribution < -0.4 is 9.47 Å². The fourth-order valence-corrected chi connectivity index (χ4v) is 3.68. The van der Waals surface area contributed by atoms with Crippen molar-refractivity contribution in [2.24, 2.45) is 0 Å². The molecule has 1 atom stereocenters. The van der Waals surface area contributed by atoms with E-state index in [2.05, 4.69) is 15.9 Å². The Morgan fingerprint density at radius 2 is 1.82 bits per heavy atom. The minimum absolute atomic E-state index is 0.0281. The predicted molar refractivity (Wildman–Crippen MR) is 103 cm³/mol. The van der Waals surface area contributed by atoms with Crippen LogP contribution >= 0.6 is 15.9 Å². The summed E-state index contributed by atoms with van der Waals surface area (Å²) in [5, 5.41) is 20.2. The van der Waals surface area contributed by atoms with Gasteiger partial charge in [0.2, 0.25) is 6.79 Å². The van der Waals surface area contributed by atoms with E-state index >= 15 is 0 Å². The average molecular weight is 446 g/mol. The Kier molecular flexibility index (Phi) is 4.82. The second-order valence-electron chi connectivity index (χ2n) is 6.34. The molecule has 1 saturated heterocycles. The van der Waals surface area contributed by atoms with E-state index in [0.29, 0.717) is 22.6 Å². The first kappa shape index (κ1) is 18.5. The van der Waals surface area contributed by atoms with E-state index in [1.54, 1.807) is 42.5 Å². The van der Waals surface area contributed by atoms with E-state index in [1.165, 1.54) is 4.90 Å². The zero-order valence-corrected chi connectivity index (χ0v) is 16.2. The molecule has 0 radical (unpaired) electrons. The normalized spacial score (nSPS) is 20.1. The molecule has 8 heteroatoms. The fourth-order valence-electron chi connectivity index (χ4n) is 3.41. The molecule has 0 spiro atoms. The maximum absolute atomic E-state index is 12.7. The molecule has 0 saturated carbocycles. The average Bonchev–Trinajstić information content (AvgIpc) is 3.26. The van der Waals surface area contributed by atoms with Crippen molar-refractivity contribution in [3.63, 3.8) is 0 Å². The molecule has 2 aliphatic rings.